The summed E-state index contributed by atoms with van der Waals surface area (Å²) in [5.41, 5.74) is 4.48. The molecule has 1 heterocycles. The largest absolute Gasteiger partial charge is 0.340 e. The van der Waals surface area contributed by atoms with Gasteiger partial charge >= 0.3 is 0 Å². The third-order valence-corrected chi connectivity index (χ3v) is 3.60. The molecule has 1 aromatic carbocycles. The number of carbonyl (C=O) groups is 1. The summed E-state index contributed by atoms with van der Waals surface area (Å²) >= 11 is 0. The van der Waals surface area contributed by atoms with Crippen molar-refractivity contribution in [2.24, 2.45) is 0 Å². The third kappa shape index (κ3) is 3.40. The van der Waals surface area contributed by atoms with Gasteiger partial charge in [-0.25, -0.2) is 0 Å². The number of hydrogen-bond acceptors (Lipinski definition) is 2. The number of aromatic nitrogens is 1. The molecule has 0 saturated carbocycles. The zero-order chi connectivity index (χ0) is 15.6. The molecule has 0 saturated heterocycles. The maximum atomic E-state index is 12.3. The SMILES string of the molecule is Cc1cccc(C)c1NC(=O)Cn1c(C)cc(=O)cc1C. The van der Waals surface area contributed by atoms with Gasteiger partial charge in [0.2, 0.25) is 5.91 Å². The summed E-state index contributed by atoms with van der Waals surface area (Å²) in [5.74, 6) is -0.0951. The zero-order valence-electron chi connectivity index (χ0n) is 12.9. The van der Waals surface area contributed by atoms with E-state index in [1.54, 1.807) is 12.1 Å². The van der Waals surface area contributed by atoms with Crippen molar-refractivity contribution in [1.29, 1.82) is 0 Å². The van der Waals surface area contributed by atoms with Crippen molar-refractivity contribution < 1.29 is 4.79 Å². The van der Waals surface area contributed by atoms with Gasteiger partial charge in [0.15, 0.2) is 5.43 Å². The average Bonchev–Trinajstić information content (AvgIpc) is 2.38. The van der Waals surface area contributed by atoms with Gasteiger partial charge in [-0.15, -0.1) is 0 Å². The number of nitrogens with zero attached hydrogens (tertiary/aromatic N) is 1. The van der Waals surface area contributed by atoms with E-state index in [2.05, 4.69) is 5.32 Å². The van der Waals surface area contributed by atoms with Crippen molar-refractivity contribution in [3.8, 4) is 0 Å². The number of amides is 1. The van der Waals surface area contributed by atoms with Gasteiger partial charge in [0.1, 0.15) is 6.54 Å². The number of anilines is 1. The number of aryl methyl sites for hydroxylation is 4. The molecular weight excluding hydrogens is 264 g/mol. The summed E-state index contributed by atoms with van der Waals surface area (Å²) < 4.78 is 1.84. The minimum atomic E-state index is -0.0951. The Morgan fingerprint density at radius 3 is 2.10 bits per heavy atom. The maximum Gasteiger partial charge on any atom is 0.244 e. The van der Waals surface area contributed by atoms with Crippen LogP contribution in [0.15, 0.2) is 35.1 Å². The Bertz CT molecular complexity index is 698. The molecule has 1 N–H and O–H groups in total. The second kappa shape index (κ2) is 5.95. The highest BCUT2D eigenvalue weighted by atomic mass is 16.2. The van der Waals surface area contributed by atoms with Gasteiger partial charge in [-0.2, -0.15) is 0 Å². The van der Waals surface area contributed by atoms with Crippen LogP contribution in [0.1, 0.15) is 22.5 Å². The number of benzene rings is 1. The molecule has 0 bridgehead atoms. The first-order valence-corrected chi connectivity index (χ1v) is 6.92. The molecule has 4 heteroatoms. The maximum absolute atomic E-state index is 12.3. The van der Waals surface area contributed by atoms with Crippen LogP contribution in [0.25, 0.3) is 0 Å². The third-order valence-electron chi connectivity index (χ3n) is 3.60. The van der Waals surface area contributed by atoms with Crippen LogP contribution in [0, 0.1) is 27.7 Å². The average molecular weight is 284 g/mol. The highest BCUT2D eigenvalue weighted by Gasteiger charge is 2.10. The van der Waals surface area contributed by atoms with Gasteiger partial charge in [0.25, 0.3) is 0 Å². The molecule has 110 valence electrons. The molecule has 1 amide bonds. The normalized spacial score (nSPS) is 10.5. The summed E-state index contributed by atoms with van der Waals surface area (Å²) in [6.45, 7) is 7.81. The van der Waals surface area contributed by atoms with Crippen LogP contribution >= 0.6 is 0 Å². The van der Waals surface area contributed by atoms with E-state index in [4.69, 9.17) is 0 Å². The van der Waals surface area contributed by atoms with Crippen LogP contribution in [-0.4, -0.2) is 10.5 Å². The van der Waals surface area contributed by atoms with E-state index in [0.717, 1.165) is 28.2 Å². The lowest BCUT2D eigenvalue weighted by molar-refractivity contribution is -0.116. The van der Waals surface area contributed by atoms with E-state index >= 15 is 0 Å². The lowest BCUT2D eigenvalue weighted by Gasteiger charge is -2.16. The Hall–Kier alpha value is -2.36. The molecule has 0 aliphatic carbocycles. The fourth-order valence-corrected chi connectivity index (χ4v) is 2.47. The van der Waals surface area contributed by atoms with Crippen LogP contribution < -0.4 is 10.7 Å². The number of pyridine rings is 1. The number of rotatable bonds is 3. The molecule has 2 rings (SSSR count). The predicted octanol–water partition coefficient (Wildman–Crippen LogP) is 2.72. The highest BCUT2D eigenvalue weighted by Crippen LogP contribution is 2.19. The molecule has 0 aliphatic heterocycles. The topological polar surface area (TPSA) is 51.1 Å². The Labute approximate surface area is 124 Å². The Balaban J connectivity index is 2.22. The van der Waals surface area contributed by atoms with Crippen LogP contribution in [0.5, 0.6) is 0 Å². The van der Waals surface area contributed by atoms with Crippen molar-refractivity contribution in [1.82, 2.24) is 4.57 Å². The zero-order valence-corrected chi connectivity index (χ0v) is 12.9. The minimum absolute atomic E-state index is 0.0311. The van der Waals surface area contributed by atoms with Crippen molar-refractivity contribution in [2.75, 3.05) is 5.32 Å². The summed E-state index contributed by atoms with van der Waals surface area (Å²) in [6.07, 6.45) is 0. The van der Waals surface area contributed by atoms with Crippen molar-refractivity contribution >= 4 is 11.6 Å². The second-order valence-electron chi connectivity index (χ2n) is 5.37. The van der Waals surface area contributed by atoms with Gasteiger partial charge < -0.3 is 9.88 Å². The molecule has 0 fully saturated rings. The molecule has 1 aromatic heterocycles. The van der Waals surface area contributed by atoms with Crippen LogP contribution in [0.2, 0.25) is 0 Å². The first-order valence-electron chi connectivity index (χ1n) is 6.92. The van der Waals surface area contributed by atoms with E-state index in [0.29, 0.717) is 0 Å². The van der Waals surface area contributed by atoms with Gasteiger partial charge in [0.05, 0.1) is 0 Å². The van der Waals surface area contributed by atoms with Crippen LogP contribution in [0.4, 0.5) is 5.69 Å². The lowest BCUT2D eigenvalue weighted by Crippen LogP contribution is -2.23. The Kier molecular flexibility index (Phi) is 4.26. The van der Waals surface area contributed by atoms with Gasteiger partial charge in [0, 0.05) is 29.2 Å². The smallest absolute Gasteiger partial charge is 0.244 e. The quantitative estimate of drug-likeness (QED) is 0.942. The van der Waals surface area contributed by atoms with Gasteiger partial charge in [-0.3, -0.25) is 9.59 Å². The van der Waals surface area contributed by atoms with Crippen molar-refractivity contribution in [3.63, 3.8) is 0 Å². The van der Waals surface area contributed by atoms with Crippen LogP contribution in [0.3, 0.4) is 0 Å². The molecule has 2 aromatic rings. The molecule has 0 radical (unpaired) electrons. The van der Waals surface area contributed by atoms with Gasteiger partial charge in [-0.05, 0) is 38.8 Å². The first-order chi connectivity index (χ1) is 9.88. The van der Waals surface area contributed by atoms with Crippen LogP contribution in [-0.2, 0) is 11.3 Å². The molecule has 0 unspecified atom stereocenters. The summed E-state index contributed by atoms with van der Waals surface area (Å²) in [5, 5.41) is 2.96. The van der Waals surface area contributed by atoms with E-state index in [-0.39, 0.29) is 17.9 Å². The Morgan fingerprint density at radius 1 is 1.05 bits per heavy atom. The summed E-state index contributed by atoms with van der Waals surface area (Å²) in [6, 6.07) is 8.99. The number of para-hydroxylation sites is 1. The minimum Gasteiger partial charge on any atom is -0.340 e. The fraction of sp³-hybridized carbons (Fsp3) is 0.294. The van der Waals surface area contributed by atoms with Crippen molar-refractivity contribution in [2.45, 2.75) is 34.2 Å². The molecule has 21 heavy (non-hydrogen) atoms. The summed E-state index contributed by atoms with van der Waals surface area (Å²) in [4.78, 5) is 23.7. The van der Waals surface area contributed by atoms with Gasteiger partial charge in [-0.1, -0.05) is 18.2 Å². The Morgan fingerprint density at radius 2 is 1.57 bits per heavy atom. The molecule has 0 aliphatic rings. The molecular formula is C17H20N2O2. The summed E-state index contributed by atoms with van der Waals surface area (Å²) in [7, 11) is 0. The first kappa shape index (κ1) is 15.0. The number of nitrogens with one attached hydrogen (secondary N) is 1. The predicted molar refractivity (Wildman–Crippen MR) is 84.7 cm³/mol. The number of hydrogen-bond donors (Lipinski definition) is 1. The lowest BCUT2D eigenvalue weighted by atomic mass is 10.1. The highest BCUT2D eigenvalue weighted by molar-refractivity contribution is 5.92. The van der Waals surface area contributed by atoms with Crippen molar-refractivity contribution in [3.05, 3.63) is 63.1 Å². The molecule has 0 spiro atoms. The molecule has 4 nitrogen and oxygen atoms in total. The van der Waals surface area contributed by atoms with E-state index < -0.39 is 0 Å². The second-order valence-corrected chi connectivity index (χ2v) is 5.37. The number of carbonyl (C=O) groups excluding carboxylic acids is 1. The van der Waals surface area contributed by atoms with E-state index in [9.17, 15) is 9.59 Å². The standard InChI is InChI=1S/C17H20N2O2/c1-11-6-5-7-12(2)17(11)18-16(21)10-19-13(3)8-15(20)9-14(19)4/h5-9H,10H2,1-4H3,(H,18,21). The van der Waals surface area contributed by atoms with E-state index in [1.807, 2.05) is 50.5 Å². The molecule has 0 atom stereocenters. The fourth-order valence-electron chi connectivity index (χ4n) is 2.47. The monoisotopic (exact) mass is 284 g/mol. The van der Waals surface area contributed by atoms with E-state index in [1.165, 1.54) is 0 Å².